The van der Waals surface area contributed by atoms with Crippen LogP contribution in [0.25, 0.3) is 0 Å². The van der Waals surface area contributed by atoms with Crippen molar-refractivity contribution in [1.29, 1.82) is 0 Å². The molecule has 1 fully saturated rings. The van der Waals surface area contributed by atoms with Crippen molar-refractivity contribution in [1.82, 2.24) is 0 Å². The Hall–Kier alpha value is -1.70. The summed E-state index contributed by atoms with van der Waals surface area (Å²) < 4.78 is 0. The summed E-state index contributed by atoms with van der Waals surface area (Å²) in [5.41, 5.74) is 0.201. The molecular weight excluding hydrogens is 248 g/mol. The summed E-state index contributed by atoms with van der Waals surface area (Å²) in [5, 5.41) is 0. The summed E-state index contributed by atoms with van der Waals surface area (Å²) in [7, 11) is 0. The van der Waals surface area contributed by atoms with Gasteiger partial charge in [0, 0.05) is 22.7 Å². The van der Waals surface area contributed by atoms with E-state index >= 15 is 0 Å². The van der Waals surface area contributed by atoms with E-state index in [1.165, 1.54) is 12.2 Å². The minimum atomic E-state index is -0.118. The number of allylic oxidation sites excluding steroid dienone is 8. The third kappa shape index (κ3) is 0.895. The average Bonchev–Trinajstić information content (AvgIpc) is 2.45. The van der Waals surface area contributed by atoms with Gasteiger partial charge < -0.3 is 0 Å². The van der Waals surface area contributed by atoms with Gasteiger partial charge in [-0.05, 0) is 36.8 Å². The van der Waals surface area contributed by atoms with Gasteiger partial charge in [0.2, 0.25) is 0 Å². The Morgan fingerprint density at radius 1 is 0.800 bits per heavy atom. The molecule has 2 bridgehead atoms. The molecule has 0 unspecified atom stereocenters. The molecule has 0 aromatic heterocycles. The van der Waals surface area contributed by atoms with Crippen LogP contribution in [0, 0.1) is 34.5 Å². The molecule has 100 valence electrons. The van der Waals surface area contributed by atoms with Gasteiger partial charge in [0.05, 0.1) is 0 Å². The molecule has 20 heavy (non-hydrogen) atoms. The fourth-order valence-corrected chi connectivity index (χ4v) is 5.70. The predicted molar refractivity (Wildman–Crippen MR) is 74.6 cm³/mol. The smallest absolute Gasteiger partial charge is 0.160 e. The Bertz CT molecular complexity index is 611. The van der Waals surface area contributed by atoms with Crippen LogP contribution >= 0.6 is 0 Å². The minimum Gasteiger partial charge on any atom is -0.294 e. The lowest BCUT2D eigenvalue weighted by Crippen LogP contribution is -2.67. The van der Waals surface area contributed by atoms with Crippen molar-refractivity contribution in [3.8, 4) is 0 Å². The van der Waals surface area contributed by atoms with Crippen molar-refractivity contribution in [2.24, 2.45) is 34.5 Å². The Balaban J connectivity index is 1.76. The van der Waals surface area contributed by atoms with Gasteiger partial charge in [0.15, 0.2) is 11.6 Å². The van der Waals surface area contributed by atoms with Crippen LogP contribution in [0.4, 0.5) is 0 Å². The lowest BCUT2D eigenvalue weighted by Gasteiger charge is -2.70. The lowest BCUT2D eigenvalue weighted by atomic mass is 9.32. The van der Waals surface area contributed by atoms with Crippen LogP contribution in [-0.4, -0.2) is 11.6 Å². The second-order valence-electron chi connectivity index (χ2n) is 6.92. The highest BCUT2D eigenvalue weighted by atomic mass is 16.1. The van der Waals surface area contributed by atoms with Crippen molar-refractivity contribution < 1.29 is 9.59 Å². The first-order chi connectivity index (χ1) is 9.70. The highest BCUT2D eigenvalue weighted by Gasteiger charge is 2.71. The fraction of sp³-hybridized carbons (Fsp3) is 0.444. The van der Waals surface area contributed by atoms with E-state index in [9.17, 15) is 9.59 Å². The van der Waals surface area contributed by atoms with Gasteiger partial charge >= 0.3 is 0 Å². The van der Waals surface area contributed by atoms with E-state index in [1.54, 1.807) is 0 Å². The molecule has 6 aliphatic rings. The molecule has 1 saturated carbocycles. The molecule has 0 radical (unpaired) electrons. The zero-order valence-corrected chi connectivity index (χ0v) is 11.2. The second kappa shape index (κ2) is 3.13. The first-order valence-electron chi connectivity index (χ1n) is 7.49. The second-order valence-corrected chi connectivity index (χ2v) is 6.92. The maximum Gasteiger partial charge on any atom is 0.160 e. The van der Waals surface area contributed by atoms with Gasteiger partial charge in [-0.1, -0.05) is 36.5 Å². The van der Waals surface area contributed by atoms with E-state index in [0.29, 0.717) is 0 Å². The SMILES string of the molecule is O=C1C=CC(=O)[C@@H]2[C@@H]1[C@H]1C=C[C@H]2[C@]23C=C[C@@]12CC=CC3. The normalized spacial score (nSPS) is 53.4. The number of carbonyl (C=O) groups is 2. The summed E-state index contributed by atoms with van der Waals surface area (Å²) >= 11 is 0. The van der Waals surface area contributed by atoms with Crippen LogP contribution in [0.5, 0.6) is 0 Å². The van der Waals surface area contributed by atoms with Gasteiger partial charge in [-0.3, -0.25) is 9.59 Å². The Labute approximate surface area is 117 Å². The van der Waals surface area contributed by atoms with Crippen LogP contribution in [0.2, 0.25) is 0 Å². The van der Waals surface area contributed by atoms with Crippen LogP contribution in [0.15, 0.2) is 48.6 Å². The van der Waals surface area contributed by atoms with Crippen molar-refractivity contribution >= 4 is 11.6 Å². The maximum absolute atomic E-state index is 12.4. The third-order valence-electron chi connectivity index (χ3n) is 6.57. The molecule has 2 heteroatoms. The van der Waals surface area contributed by atoms with E-state index < -0.39 is 0 Å². The number of hydrogen-bond acceptors (Lipinski definition) is 2. The number of hydrogen-bond donors (Lipinski definition) is 0. The zero-order chi connectivity index (χ0) is 13.5. The molecule has 0 aliphatic heterocycles. The zero-order valence-electron chi connectivity index (χ0n) is 11.2. The van der Waals surface area contributed by atoms with Crippen molar-refractivity contribution in [3.05, 3.63) is 48.6 Å². The van der Waals surface area contributed by atoms with Gasteiger partial charge in [-0.25, -0.2) is 0 Å². The van der Waals surface area contributed by atoms with Crippen molar-refractivity contribution in [3.63, 3.8) is 0 Å². The molecule has 0 N–H and O–H groups in total. The van der Waals surface area contributed by atoms with E-state index in [2.05, 4.69) is 36.5 Å². The van der Waals surface area contributed by atoms with Gasteiger partial charge in [0.1, 0.15) is 0 Å². The van der Waals surface area contributed by atoms with E-state index in [1.807, 2.05) is 0 Å². The summed E-state index contributed by atoms with van der Waals surface area (Å²) in [6.45, 7) is 0. The standard InChI is InChI=1S/C18H16O2/c19-13-5-6-14(20)16-12-4-3-11(15(13)16)17-7-1-2-8-18(12,17)10-9-17/h1-6,9-12,15-16H,7-8H2/t11-,12-,15-,16-,17+,18+/m1/s1. The average molecular weight is 264 g/mol. The van der Waals surface area contributed by atoms with Gasteiger partial charge in [-0.15, -0.1) is 0 Å². The summed E-state index contributed by atoms with van der Waals surface area (Å²) in [6.07, 6.45) is 18.7. The number of rotatable bonds is 0. The van der Waals surface area contributed by atoms with Crippen LogP contribution in [0.3, 0.4) is 0 Å². The quantitative estimate of drug-likeness (QED) is 0.630. The maximum atomic E-state index is 12.4. The van der Waals surface area contributed by atoms with Crippen molar-refractivity contribution in [2.75, 3.05) is 0 Å². The molecular formula is C18H16O2. The molecule has 0 saturated heterocycles. The fourth-order valence-electron chi connectivity index (χ4n) is 5.70. The van der Waals surface area contributed by atoms with Gasteiger partial charge in [0.25, 0.3) is 0 Å². The highest BCUT2D eigenvalue weighted by molar-refractivity contribution is 6.08. The van der Waals surface area contributed by atoms with E-state index in [0.717, 1.165) is 12.8 Å². The van der Waals surface area contributed by atoms with Crippen LogP contribution in [-0.2, 0) is 9.59 Å². The minimum absolute atomic E-state index is 0.101. The summed E-state index contributed by atoms with van der Waals surface area (Å²) in [5.74, 6) is 0.486. The monoisotopic (exact) mass is 264 g/mol. The molecule has 6 rings (SSSR count). The molecule has 0 amide bonds. The number of carbonyl (C=O) groups excluding carboxylic acids is 2. The Kier molecular flexibility index (Phi) is 1.73. The van der Waals surface area contributed by atoms with Gasteiger partial charge in [-0.2, -0.15) is 0 Å². The van der Waals surface area contributed by atoms with Crippen LogP contribution < -0.4 is 0 Å². The van der Waals surface area contributed by atoms with E-state index in [-0.39, 0.29) is 46.1 Å². The highest BCUT2D eigenvalue weighted by Crippen LogP contribution is 2.74. The first-order valence-corrected chi connectivity index (χ1v) is 7.49. The van der Waals surface area contributed by atoms with E-state index in [4.69, 9.17) is 0 Å². The molecule has 2 nitrogen and oxygen atoms in total. The Morgan fingerprint density at radius 2 is 1.25 bits per heavy atom. The van der Waals surface area contributed by atoms with Crippen LogP contribution in [0.1, 0.15) is 12.8 Å². The molecule has 6 atom stereocenters. The number of ketones is 2. The molecule has 0 aromatic carbocycles. The third-order valence-corrected chi connectivity index (χ3v) is 6.57. The molecule has 6 aliphatic carbocycles. The largest absolute Gasteiger partial charge is 0.294 e. The predicted octanol–water partition coefficient (Wildman–Crippen LogP) is 2.64. The summed E-state index contributed by atoms with van der Waals surface area (Å²) in [4.78, 5) is 24.8. The lowest BCUT2D eigenvalue weighted by molar-refractivity contribution is -0.156. The summed E-state index contributed by atoms with van der Waals surface area (Å²) in [6, 6.07) is 0. The van der Waals surface area contributed by atoms with Crippen molar-refractivity contribution in [2.45, 2.75) is 12.8 Å². The topological polar surface area (TPSA) is 34.1 Å². The molecule has 0 aromatic rings. The first kappa shape index (κ1) is 11.0. The Morgan fingerprint density at radius 3 is 1.65 bits per heavy atom. The molecule has 0 heterocycles. The molecule has 0 spiro atoms.